The van der Waals surface area contributed by atoms with E-state index in [1.54, 1.807) is 7.05 Å². The minimum absolute atomic E-state index is 0.0971. The van der Waals surface area contributed by atoms with Crippen molar-refractivity contribution < 1.29 is 9.63 Å². The Bertz CT molecular complexity index is 384. The Morgan fingerprint density at radius 1 is 1.47 bits per heavy atom. The Kier molecular flexibility index (Phi) is 2.11. The average Bonchev–Trinajstić information content (AvgIpc) is 2.76. The molecule has 17 heavy (non-hydrogen) atoms. The molecule has 3 aliphatic carbocycles. The van der Waals surface area contributed by atoms with E-state index in [1.165, 1.54) is 24.3 Å². The van der Waals surface area contributed by atoms with E-state index in [-0.39, 0.29) is 16.8 Å². The highest BCUT2D eigenvalue weighted by Gasteiger charge is 2.78. The molecule has 0 aromatic carbocycles. The van der Waals surface area contributed by atoms with Crippen LogP contribution in [0.3, 0.4) is 0 Å². The van der Waals surface area contributed by atoms with Crippen molar-refractivity contribution in [1.82, 2.24) is 5.06 Å². The van der Waals surface area contributed by atoms with E-state index in [0.29, 0.717) is 0 Å². The third-order valence-corrected chi connectivity index (χ3v) is 5.12. The van der Waals surface area contributed by atoms with Gasteiger partial charge >= 0.3 is 5.97 Å². The number of fused-ring (bicyclic) bond motifs is 1. The smallest absolute Gasteiger partial charge is 0.339 e. The van der Waals surface area contributed by atoms with Crippen LogP contribution in [0.1, 0.15) is 39.0 Å². The Hall–Kier alpha value is -1.06. The molecule has 4 heteroatoms. The van der Waals surface area contributed by atoms with Gasteiger partial charge in [-0.25, -0.2) is 4.79 Å². The van der Waals surface area contributed by atoms with Crippen LogP contribution in [0.2, 0.25) is 0 Å². The largest absolute Gasteiger partial charge is 0.340 e. The number of nitrogens with zero attached hydrogens (tertiary/aromatic N) is 1. The van der Waals surface area contributed by atoms with E-state index in [4.69, 9.17) is 10.2 Å². The molecule has 94 valence electrons. The molecule has 3 rings (SSSR count). The maximum absolute atomic E-state index is 12.3. The number of carbonyl (C=O) groups excluding carboxylic acids is 1. The second-order valence-corrected chi connectivity index (χ2v) is 6.41. The van der Waals surface area contributed by atoms with Crippen molar-refractivity contribution in [2.75, 3.05) is 7.05 Å². The summed E-state index contributed by atoms with van der Waals surface area (Å²) in [4.78, 5) is 17.5. The third kappa shape index (κ3) is 1.36. The van der Waals surface area contributed by atoms with Gasteiger partial charge in [0.2, 0.25) is 0 Å². The molecular weight excluding hydrogens is 216 g/mol. The van der Waals surface area contributed by atoms with Crippen LogP contribution in [0.15, 0.2) is 0 Å². The summed E-state index contributed by atoms with van der Waals surface area (Å²) in [6, 6.07) is 0. The van der Waals surface area contributed by atoms with Gasteiger partial charge in [-0.05, 0) is 49.4 Å². The van der Waals surface area contributed by atoms with E-state index in [0.717, 1.165) is 31.0 Å². The maximum Gasteiger partial charge on any atom is 0.339 e. The topological polar surface area (TPSA) is 53.4 Å². The molecule has 0 saturated heterocycles. The van der Waals surface area contributed by atoms with Crippen molar-refractivity contribution >= 4 is 12.3 Å². The van der Waals surface area contributed by atoms with E-state index in [9.17, 15) is 4.79 Å². The van der Waals surface area contributed by atoms with Crippen LogP contribution < -0.4 is 0 Å². The normalized spacial score (nSPS) is 46.0. The van der Waals surface area contributed by atoms with Crippen LogP contribution >= 0.6 is 0 Å². The van der Waals surface area contributed by atoms with Gasteiger partial charge in [0.05, 0.1) is 5.41 Å². The van der Waals surface area contributed by atoms with Gasteiger partial charge in [-0.15, -0.1) is 0 Å². The molecule has 3 aliphatic rings. The SMILES string of the molecule is CC1CC2CC3(C1)CC3(C(=O)ON(C)C=N)C2. The van der Waals surface area contributed by atoms with Crippen molar-refractivity contribution in [2.24, 2.45) is 22.7 Å². The summed E-state index contributed by atoms with van der Waals surface area (Å²) in [6.45, 7) is 2.30. The number of rotatable bonds is 3. The fourth-order valence-corrected chi connectivity index (χ4v) is 4.66. The zero-order valence-corrected chi connectivity index (χ0v) is 10.5. The third-order valence-electron chi connectivity index (χ3n) is 5.12. The van der Waals surface area contributed by atoms with Gasteiger partial charge in [0.1, 0.15) is 6.34 Å². The van der Waals surface area contributed by atoms with Gasteiger partial charge in [-0.2, -0.15) is 5.06 Å². The predicted octanol–water partition coefficient (Wildman–Crippen LogP) is 2.20. The van der Waals surface area contributed by atoms with Crippen molar-refractivity contribution in [3.63, 3.8) is 0 Å². The molecular formula is C13H20N2O2. The first-order valence-corrected chi connectivity index (χ1v) is 6.47. The summed E-state index contributed by atoms with van der Waals surface area (Å²) < 4.78 is 0. The molecule has 1 spiro atoms. The number of nitrogens with one attached hydrogen (secondary N) is 1. The van der Waals surface area contributed by atoms with E-state index < -0.39 is 0 Å². The van der Waals surface area contributed by atoms with Gasteiger partial charge in [-0.3, -0.25) is 5.41 Å². The van der Waals surface area contributed by atoms with Gasteiger partial charge in [-0.1, -0.05) is 6.92 Å². The summed E-state index contributed by atoms with van der Waals surface area (Å²) in [6.07, 6.45) is 6.76. The quantitative estimate of drug-likeness (QED) is 0.464. The Morgan fingerprint density at radius 3 is 2.94 bits per heavy atom. The lowest BCUT2D eigenvalue weighted by atomic mass is 9.77. The van der Waals surface area contributed by atoms with Crippen LogP contribution in [0.25, 0.3) is 0 Å². The van der Waals surface area contributed by atoms with Crippen molar-refractivity contribution in [3.8, 4) is 0 Å². The Morgan fingerprint density at radius 2 is 2.24 bits per heavy atom. The molecule has 2 bridgehead atoms. The summed E-state index contributed by atoms with van der Waals surface area (Å²) >= 11 is 0. The van der Waals surface area contributed by atoms with Gasteiger partial charge < -0.3 is 4.84 Å². The van der Waals surface area contributed by atoms with Crippen molar-refractivity contribution in [1.29, 1.82) is 5.41 Å². The molecule has 0 amide bonds. The molecule has 3 fully saturated rings. The first kappa shape index (κ1) is 11.1. The molecule has 0 aliphatic heterocycles. The summed E-state index contributed by atoms with van der Waals surface area (Å²) in [5, 5.41) is 8.25. The van der Waals surface area contributed by atoms with Crippen LogP contribution in [-0.2, 0) is 9.63 Å². The second-order valence-electron chi connectivity index (χ2n) is 6.41. The predicted molar refractivity (Wildman–Crippen MR) is 63.2 cm³/mol. The Labute approximate surface area is 102 Å². The highest BCUT2D eigenvalue weighted by Crippen LogP contribution is 2.80. The zero-order valence-electron chi connectivity index (χ0n) is 10.5. The lowest BCUT2D eigenvalue weighted by Crippen LogP contribution is -2.29. The Balaban J connectivity index is 1.77. The van der Waals surface area contributed by atoms with E-state index in [2.05, 4.69) is 6.92 Å². The minimum atomic E-state index is -0.195. The lowest BCUT2D eigenvalue weighted by molar-refractivity contribution is -0.176. The fraction of sp³-hybridized carbons (Fsp3) is 0.846. The summed E-state index contributed by atoms with van der Waals surface area (Å²) in [7, 11) is 1.60. The molecule has 4 unspecified atom stereocenters. The van der Waals surface area contributed by atoms with Gasteiger partial charge in [0, 0.05) is 7.05 Å². The second kappa shape index (κ2) is 3.24. The average molecular weight is 236 g/mol. The van der Waals surface area contributed by atoms with Crippen LogP contribution in [-0.4, -0.2) is 24.4 Å². The molecule has 4 nitrogen and oxygen atoms in total. The standard InChI is InChI=1S/C13H20N2O2/c1-9-3-10-5-12(4-9)7-13(12,6-10)11(16)17-15(2)8-14/h8-10,14H,3-7H2,1-2H3. The van der Waals surface area contributed by atoms with Gasteiger partial charge in [0.25, 0.3) is 0 Å². The molecule has 1 N–H and O–H groups in total. The summed E-state index contributed by atoms with van der Waals surface area (Å²) in [5.74, 6) is 1.39. The molecule has 0 heterocycles. The molecule has 3 saturated carbocycles. The fourth-order valence-electron chi connectivity index (χ4n) is 4.66. The molecule has 0 aromatic rings. The number of hydrogen-bond donors (Lipinski definition) is 1. The summed E-state index contributed by atoms with van der Waals surface area (Å²) in [5.41, 5.74) is 0.0645. The van der Waals surface area contributed by atoms with E-state index in [1.807, 2.05) is 0 Å². The first-order chi connectivity index (χ1) is 8.01. The highest BCUT2D eigenvalue weighted by molar-refractivity contribution is 5.83. The van der Waals surface area contributed by atoms with E-state index >= 15 is 0 Å². The maximum atomic E-state index is 12.3. The van der Waals surface area contributed by atoms with Crippen LogP contribution in [0.4, 0.5) is 0 Å². The van der Waals surface area contributed by atoms with Crippen molar-refractivity contribution in [3.05, 3.63) is 0 Å². The molecule has 0 radical (unpaired) electrons. The zero-order chi connectivity index (χ0) is 12.3. The van der Waals surface area contributed by atoms with Crippen LogP contribution in [0.5, 0.6) is 0 Å². The minimum Gasteiger partial charge on any atom is -0.340 e. The highest BCUT2D eigenvalue weighted by atomic mass is 16.7. The molecule has 0 aromatic heterocycles. The first-order valence-electron chi connectivity index (χ1n) is 6.47. The number of hydrogen-bond acceptors (Lipinski definition) is 3. The van der Waals surface area contributed by atoms with Crippen molar-refractivity contribution in [2.45, 2.75) is 39.0 Å². The van der Waals surface area contributed by atoms with Gasteiger partial charge in [0.15, 0.2) is 0 Å². The number of hydroxylamine groups is 2. The van der Waals surface area contributed by atoms with Crippen LogP contribution in [0, 0.1) is 28.1 Å². The number of carbonyl (C=O) groups is 1. The monoisotopic (exact) mass is 236 g/mol. The lowest BCUT2D eigenvalue weighted by Gasteiger charge is -2.28. The molecule has 4 atom stereocenters.